The zero-order chi connectivity index (χ0) is 17.3. The van der Waals surface area contributed by atoms with Crippen LogP contribution in [0, 0.1) is 6.92 Å². The minimum Gasteiger partial charge on any atom is -0.476 e. The molecule has 0 aliphatic carbocycles. The van der Waals surface area contributed by atoms with Crippen LogP contribution in [0.2, 0.25) is 0 Å². The van der Waals surface area contributed by atoms with Crippen molar-refractivity contribution >= 4 is 11.9 Å². The van der Waals surface area contributed by atoms with Crippen LogP contribution in [0.25, 0.3) is 0 Å². The van der Waals surface area contributed by atoms with Crippen molar-refractivity contribution < 1.29 is 19.1 Å². The van der Waals surface area contributed by atoms with Gasteiger partial charge in [-0.05, 0) is 18.6 Å². The molecule has 1 aromatic carbocycles. The lowest BCUT2D eigenvalue weighted by Crippen LogP contribution is -2.45. The van der Waals surface area contributed by atoms with Gasteiger partial charge in [0.05, 0.1) is 5.56 Å². The molecule has 1 fully saturated rings. The Balaban J connectivity index is 1.72. The average Bonchev–Trinajstić information content (AvgIpc) is 2.87. The number of carbonyl (C=O) groups is 2. The summed E-state index contributed by atoms with van der Waals surface area (Å²) in [5, 5.41) is 8.61. The van der Waals surface area contributed by atoms with Gasteiger partial charge in [0.25, 0.3) is 5.91 Å². The second-order valence-corrected chi connectivity index (χ2v) is 5.81. The maximum absolute atomic E-state index is 13.3. The van der Waals surface area contributed by atoms with Crippen LogP contribution in [0.15, 0.2) is 54.0 Å². The standard InChI is InChI=1S/C18H17FN2O3/c1-12-15(7-8-20(12)9-13-5-3-2-4-6-13)17(22)21-10-14(11-21)16(19)18(23)24/h2-8H,9-11H2,1H3,(H,23,24). The molecule has 2 aromatic rings. The molecule has 1 aliphatic rings. The molecule has 0 bridgehead atoms. The fraction of sp³-hybridized carbons (Fsp3) is 0.222. The highest BCUT2D eigenvalue weighted by Gasteiger charge is 2.32. The predicted octanol–water partition coefficient (Wildman–Crippen LogP) is 2.61. The molecule has 1 aromatic heterocycles. The largest absolute Gasteiger partial charge is 0.476 e. The van der Waals surface area contributed by atoms with E-state index in [0.717, 1.165) is 11.3 Å². The van der Waals surface area contributed by atoms with Crippen LogP contribution >= 0.6 is 0 Å². The first-order valence-corrected chi connectivity index (χ1v) is 7.57. The number of benzene rings is 1. The number of carboxylic acids is 1. The number of aromatic nitrogens is 1. The smallest absolute Gasteiger partial charge is 0.364 e. The lowest BCUT2D eigenvalue weighted by atomic mass is 10.0. The maximum atomic E-state index is 13.3. The van der Waals surface area contributed by atoms with E-state index in [2.05, 4.69) is 0 Å². The van der Waals surface area contributed by atoms with Crippen molar-refractivity contribution in [2.45, 2.75) is 13.5 Å². The van der Waals surface area contributed by atoms with Gasteiger partial charge in [-0.2, -0.15) is 4.39 Å². The Kier molecular flexibility index (Phi) is 4.20. The van der Waals surface area contributed by atoms with Crippen molar-refractivity contribution in [2.24, 2.45) is 0 Å². The van der Waals surface area contributed by atoms with Gasteiger partial charge in [-0.3, -0.25) is 4.79 Å². The molecule has 2 heterocycles. The number of amides is 1. The van der Waals surface area contributed by atoms with Crippen LogP contribution in [0.1, 0.15) is 21.6 Å². The molecular formula is C18H17FN2O3. The molecule has 1 N–H and O–H groups in total. The molecule has 1 amide bonds. The number of carbonyl (C=O) groups excluding carboxylic acids is 1. The van der Waals surface area contributed by atoms with E-state index >= 15 is 0 Å². The molecule has 0 saturated carbocycles. The Morgan fingerprint density at radius 3 is 2.46 bits per heavy atom. The minimum absolute atomic E-state index is 0.0280. The first-order chi connectivity index (χ1) is 11.5. The Hall–Kier alpha value is -2.89. The van der Waals surface area contributed by atoms with Gasteiger partial charge in [0, 0.05) is 37.1 Å². The van der Waals surface area contributed by atoms with Crippen molar-refractivity contribution in [3.8, 4) is 0 Å². The lowest BCUT2D eigenvalue weighted by molar-refractivity contribution is -0.134. The van der Waals surface area contributed by atoms with E-state index in [-0.39, 0.29) is 24.6 Å². The molecule has 0 spiro atoms. The SMILES string of the molecule is Cc1c(C(=O)N2CC(=C(F)C(=O)O)C2)ccn1Cc1ccccc1. The molecule has 0 radical (unpaired) electrons. The summed E-state index contributed by atoms with van der Waals surface area (Å²) >= 11 is 0. The van der Waals surface area contributed by atoms with Crippen molar-refractivity contribution in [1.29, 1.82) is 0 Å². The lowest BCUT2D eigenvalue weighted by Gasteiger charge is -2.33. The highest BCUT2D eigenvalue weighted by atomic mass is 19.1. The van der Waals surface area contributed by atoms with Crippen molar-refractivity contribution in [3.63, 3.8) is 0 Å². The second-order valence-electron chi connectivity index (χ2n) is 5.81. The van der Waals surface area contributed by atoms with E-state index in [1.807, 2.05) is 48.0 Å². The van der Waals surface area contributed by atoms with Gasteiger partial charge in [0.1, 0.15) is 0 Å². The van der Waals surface area contributed by atoms with Crippen LogP contribution in [0.4, 0.5) is 4.39 Å². The Morgan fingerprint density at radius 1 is 1.17 bits per heavy atom. The molecule has 1 aliphatic heterocycles. The van der Waals surface area contributed by atoms with Crippen LogP contribution in [-0.2, 0) is 11.3 Å². The molecule has 1 saturated heterocycles. The Bertz CT molecular complexity index is 816. The van der Waals surface area contributed by atoms with E-state index in [1.54, 1.807) is 6.07 Å². The molecule has 6 heteroatoms. The predicted molar refractivity (Wildman–Crippen MR) is 86.4 cm³/mol. The molecule has 3 rings (SSSR count). The number of likely N-dealkylation sites (tertiary alicyclic amines) is 1. The van der Waals surface area contributed by atoms with Crippen molar-refractivity contribution in [1.82, 2.24) is 9.47 Å². The van der Waals surface area contributed by atoms with Crippen LogP contribution in [-0.4, -0.2) is 39.5 Å². The minimum atomic E-state index is -1.58. The number of aliphatic carboxylic acids is 1. The van der Waals surface area contributed by atoms with E-state index in [4.69, 9.17) is 5.11 Å². The number of hydrogen-bond acceptors (Lipinski definition) is 2. The molecular weight excluding hydrogens is 311 g/mol. The third-order valence-corrected chi connectivity index (χ3v) is 4.22. The summed E-state index contributed by atoms with van der Waals surface area (Å²) in [6.45, 7) is 2.59. The van der Waals surface area contributed by atoms with E-state index in [0.29, 0.717) is 12.1 Å². The summed E-state index contributed by atoms with van der Waals surface area (Å²) < 4.78 is 15.3. The summed E-state index contributed by atoms with van der Waals surface area (Å²) in [5.41, 5.74) is 2.67. The van der Waals surface area contributed by atoms with Crippen LogP contribution in [0.3, 0.4) is 0 Å². The number of hydrogen-bond donors (Lipinski definition) is 1. The molecule has 24 heavy (non-hydrogen) atoms. The van der Waals surface area contributed by atoms with Gasteiger partial charge in [-0.1, -0.05) is 30.3 Å². The monoisotopic (exact) mass is 328 g/mol. The van der Waals surface area contributed by atoms with Crippen LogP contribution < -0.4 is 0 Å². The first-order valence-electron chi connectivity index (χ1n) is 7.57. The summed E-state index contributed by atoms with van der Waals surface area (Å²) in [6, 6.07) is 11.7. The van der Waals surface area contributed by atoms with E-state index in [9.17, 15) is 14.0 Å². The van der Waals surface area contributed by atoms with Gasteiger partial charge in [-0.25, -0.2) is 4.79 Å². The van der Waals surface area contributed by atoms with Gasteiger partial charge in [0.2, 0.25) is 5.83 Å². The number of carboxylic acid groups (broad SMARTS) is 1. The maximum Gasteiger partial charge on any atom is 0.364 e. The Morgan fingerprint density at radius 2 is 1.83 bits per heavy atom. The number of rotatable bonds is 4. The quantitative estimate of drug-likeness (QED) is 0.878. The topological polar surface area (TPSA) is 62.5 Å². The average molecular weight is 328 g/mol. The third-order valence-electron chi connectivity index (χ3n) is 4.22. The van der Waals surface area contributed by atoms with Crippen LogP contribution in [0.5, 0.6) is 0 Å². The van der Waals surface area contributed by atoms with E-state index < -0.39 is 11.8 Å². The zero-order valence-corrected chi connectivity index (χ0v) is 13.2. The number of halogens is 1. The van der Waals surface area contributed by atoms with Gasteiger partial charge in [-0.15, -0.1) is 0 Å². The summed E-state index contributed by atoms with van der Waals surface area (Å²) in [5.74, 6) is -2.94. The highest BCUT2D eigenvalue weighted by Crippen LogP contribution is 2.24. The fourth-order valence-electron chi connectivity index (χ4n) is 2.75. The van der Waals surface area contributed by atoms with Crippen molar-refractivity contribution in [2.75, 3.05) is 13.1 Å². The summed E-state index contributed by atoms with van der Waals surface area (Å²) in [6.07, 6.45) is 1.85. The van der Waals surface area contributed by atoms with E-state index in [1.165, 1.54) is 4.90 Å². The summed E-state index contributed by atoms with van der Waals surface area (Å²) in [7, 11) is 0. The summed E-state index contributed by atoms with van der Waals surface area (Å²) in [4.78, 5) is 24.5. The van der Waals surface area contributed by atoms with Gasteiger partial charge in [0.15, 0.2) is 0 Å². The van der Waals surface area contributed by atoms with Crippen molar-refractivity contribution in [3.05, 3.63) is 70.8 Å². The molecule has 0 atom stereocenters. The molecule has 5 nitrogen and oxygen atoms in total. The first kappa shape index (κ1) is 16.0. The molecule has 0 unspecified atom stereocenters. The van der Waals surface area contributed by atoms with Gasteiger partial charge < -0.3 is 14.6 Å². The highest BCUT2D eigenvalue weighted by molar-refractivity contribution is 5.97. The third kappa shape index (κ3) is 2.95. The van der Waals surface area contributed by atoms with Gasteiger partial charge >= 0.3 is 5.97 Å². The zero-order valence-electron chi connectivity index (χ0n) is 13.2. The molecule has 124 valence electrons. The second kappa shape index (κ2) is 6.31. The Labute approximate surface area is 138 Å². The normalized spacial score (nSPS) is 13.6. The number of nitrogens with zero attached hydrogens (tertiary/aromatic N) is 2. The fourth-order valence-corrected chi connectivity index (χ4v) is 2.75.